The fourth-order valence-electron chi connectivity index (χ4n) is 1.78. The fourth-order valence-corrected chi connectivity index (χ4v) is 4.93. The van der Waals surface area contributed by atoms with Crippen LogP contribution in [0, 0.1) is 0 Å². The fraction of sp³-hybridized carbons (Fsp3) is 0.250. The van der Waals surface area contributed by atoms with Crippen molar-refractivity contribution in [1.82, 2.24) is 5.32 Å². The number of carbonyl (C=O) groups is 1. The highest BCUT2D eigenvalue weighted by atomic mass is 32.2. The number of nitrogens with two attached hydrogens (primary N) is 1. The van der Waals surface area contributed by atoms with Gasteiger partial charge in [-0.25, -0.2) is 8.42 Å². The van der Waals surface area contributed by atoms with Gasteiger partial charge >= 0.3 is 0 Å². The topological polar surface area (TPSA) is 101 Å². The van der Waals surface area contributed by atoms with Crippen molar-refractivity contribution in [2.75, 3.05) is 24.4 Å². The first-order valence-corrected chi connectivity index (χ1v) is 9.54. The lowest BCUT2D eigenvalue weighted by Crippen LogP contribution is -2.18. The summed E-state index contributed by atoms with van der Waals surface area (Å²) >= 11 is 2.60. The summed E-state index contributed by atoms with van der Waals surface area (Å²) < 4.78 is 23.8. The third-order valence-corrected chi connectivity index (χ3v) is 6.04. The van der Waals surface area contributed by atoms with Gasteiger partial charge in [0.1, 0.15) is 14.8 Å². The van der Waals surface area contributed by atoms with Crippen molar-refractivity contribution in [2.45, 2.75) is 11.4 Å². The molecule has 0 saturated heterocycles. The number of anilines is 2. The van der Waals surface area contributed by atoms with Crippen molar-refractivity contribution >= 4 is 49.1 Å². The Labute approximate surface area is 130 Å². The maximum absolute atomic E-state index is 11.9. The Kier molecular flexibility index (Phi) is 4.55. The van der Waals surface area contributed by atoms with Crippen LogP contribution < -0.4 is 16.4 Å². The number of thiophene rings is 2. The molecule has 1 amide bonds. The van der Waals surface area contributed by atoms with Gasteiger partial charge in [0.2, 0.25) is 0 Å². The molecule has 4 N–H and O–H groups in total. The maximum Gasteiger partial charge on any atom is 0.263 e. The highest BCUT2D eigenvalue weighted by molar-refractivity contribution is 7.91. The maximum atomic E-state index is 11.9. The van der Waals surface area contributed by atoms with E-state index in [1.54, 1.807) is 11.3 Å². The first-order chi connectivity index (χ1) is 9.84. The van der Waals surface area contributed by atoms with Gasteiger partial charge in [-0.15, -0.1) is 22.7 Å². The second-order valence-corrected chi connectivity index (χ2v) is 8.29. The summed E-state index contributed by atoms with van der Waals surface area (Å²) in [4.78, 5) is 13.0. The SMILES string of the molecule is CNC(=O)c1sc(NCc2cccs2)c(S(C)(=O)=O)c1N. The normalized spacial score (nSPS) is 11.3. The molecule has 0 radical (unpaired) electrons. The van der Waals surface area contributed by atoms with Crippen LogP contribution in [0.25, 0.3) is 0 Å². The number of nitrogens with one attached hydrogen (secondary N) is 2. The highest BCUT2D eigenvalue weighted by Gasteiger charge is 2.26. The largest absolute Gasteiger partial charge is 0.396 e. The van der Waals surface area contributed by atoms with E-state index in [4.69, 9.17) is 5.73 Å². The number of rotatable bonds is 5. The molecular weight excluding hydrogens is 330 g/mol. The Morgan fingerprint density at radius 1 is 1.43 bits per heavy atom. The lowest BCUT2D eigenvalue weighted by atomic mass is 10.3. The molecule has 2 rings (SSSR count). The van der Waals surface area contributed by atoms with E-state index in [9.17, 15) is 13.2 Å². The number of carbonyl (C=O) groups excluding carboxylic acids is 1. The van der Waals surface area contributed by atoms with Gasteiger partial charge < -0.3 is 16.4 Å². The van der Waals surface area contributed by atoms with E-state index in [0.29, 0.717) is 11.5 Å². The van der Waals surface area contributed by atoms with Crippen LogP contribution in [0.4, 0.5) is 10.7 Å². The molecule has 9 heteroatoms. The van der Waals surface area contributed by atoms with Gasteiger partial charge in [-0.1, -0.05) is 6.07 Å². The van der Waals surface area contributed by atoms with Crippen LogP contribution in [0.1, 0.15) is 14.5 Å². The Bertz CT molecular complexity index is 748. The Hall–Kier alpha value is -1.58. The molecule has 2 aromatic rings. The summed E-state index contributed by atoms with van der Waals surface area (Å²) in [6.45, 7) is 0.479. The molecule has 0 spiro atoms. The molecule has 0 saturated carbocycles. The lowest BCUT2D eigenvalue weighted by molar-refractivity contribution is 0.0968. The summed E-state index contributed by atoms with van der Waals surface area (Å²) in [5, 5.41) is 7.84. The molecule has 2 heterocycles. The smallest absolute Gasteiger partial charge is 0.263 e. The Morgan fingerprint density at radius 2 is 2.14 bits per heavy atom. The van der Waals surface area contributed by atoms with Gasteiger partial charge in [-0.2, -0.15) is 0 Å². The number of hydrogen-bond donors (Lipinski definition) is 3. The van der Waals surface area contributed by atoms with Crippen molar-refractivity contribution in [2.24, 2.45) is 0 Å². The van der Waals surface area contributed by atoms with Gasteiger partial charge in [-0.3, -0.25) is 4.79 Å². The van der Waals surface area contributed by atoms with E-state index in [1.165, 1.54) is 7.05 Å². The molecule has 0 unspecified atom stereocenters. The number of hydrogen-bond acceptors (Lipinski definition) is 7. The van der Waals surface area contributed by atoms with Gasteiger partial charge in [0.15, 0.2) is 9.84 Å². The standard InChI is InChI=1S/C12H15N3O3S3/c1-14-11(16)9-8(13)10(21(2,17)18)12(20-9)15-6-7-4-3-5-19-7/h3-5,15H,6,13H2,1-2H3,(H,14,16). The number of amides is 1. The molecule has 0 aromatic carbocycles. The van der Waals surface area contributed by atoms with Crippen LogP contribution in [-0.4, -0.2) is 27.6 Å². The van der Waals surface area contributed by atoms with Gasteiger partial charge in [0, 0.05) is 18.2 Å². The highest BCUT2D eigenvalue weighted by Crippen LogP contribution is 2.39. The van der Waals surface area contributed by atoms with E-state index in [-0.39, 0.29) is 15.5 Å². The average Bonchev–Trinajstić information content (AvgIpc) is 3.02. The summed E-state index contributed by atoms with van der Waals surface area (Å²) in [5.74, 6) is -0.397. The van der Waals surface area contributed by atoms with E-state index in [1.807, 2.05) is 17.5 Å². The summed E-state index contributed by atoms with van der Waals surface area (Å²) in [6.07, 6.45) is 1.08. The van der Waals surface area contributed by atoms with Crippen molar-refractivity contribution in [3.8, 4) is 0 Å². The molecule has 21 heavy (non-hydrogen) atoms. The monoisotopic (exact) mass is 345 g/mol. The lowest BCUT2D eigenvalue weighted by Gasteiger charge is -2.05. The first kappa shape index (κ1) is 15.8. The van der Waals surface area contributed by atoms with Gasteiger partial charge in [-0.05, 0) is 11.4 Å². The molecule has 6 nitrogen and oxygen atoms in total. The number of nitrogen functional groups attached to an aromatic ring is 1. The van der Waals surface area contributed by atoms with E-state index in [0.717, 1.165) is 22.5 Å². The summed E-state index contributed by atoms with van der Waals surface area (Å²) in [6, 6.07) is 3.85. The average molecular weight is 345 g/mol. The van der Waals surface area contributed by atoms with Crippen molar-refractivity contribution in [3.63, 3.8) is 0 Å². The molecule has 0 atom stereocenters. The molecule has 0 aliphatic rings. The van der Waals surface area contributed by atoms with E-state index < -0.39 is 15.7 Å². The van der Waals surface area contributed by atoms with Crippen LogP contribution in [0.2, 0.25) is 0 Å². The van der Waals surface area contributed by atoms with Crippen LogP contribution in [0.15, 0.2) is 22.4 Å². The predicted octanol–water partition coefficient (Wildman–Crippen LogP) is 1.77. The van der Waals surface area contributed by atoms with E-state index >= 15 is 0 Å². The predicted molar refractivity (Wildman–Crippen MR) is 86.9 cm³/mol. The second-order valence-electron chi connectivity index (χ2n) is 4.29. The second kappa shape index (κ2) is 6.04. The van der Waals surface area contributed by atoms with Crippen LogP contribution in [0.3, 0.4) is 0 Å². The van der Waals surface area contributed by atoms with Gasteiger partial charge in [0.25, 0.3) is 5.91 Å². The van der Waals surface area contributed by atoms with Crippen molar-refractivity contribution in [1.29, 1.82) is 0 Å². The van der Waals surface area contributed by atoms with E-state index in [2.05, 4.69) is 10.6 Å². The number of sulfone groups is 1. The molecule has 2 aromatic heterocycles. The zero-order valence-electron chi connectivity index (χ0n) is 11.5. The minimum atomic E-state index is -3.53. The third kappa shape index (κ3) is 3.36. The molecular formula is C12H15N3O3S3. The zero-order valence-corrected chi connectivity index (χ0v) is 13.9. The van der Waals surface area contributed by atoms with Crippen molar-refractivity contribution < 1.29 is 13.2 Å². The van der Waals surface area contributed by atoms with Crippen LogP contribution in [0.5, 0.6) is 0 Å². The molecule has 0 aliphatic heterocycles. The minimum Gasteiger partial charge on any atom is -0.396 e. The quantitative estimate of drug-likeness (QED) is 0.766. The zero-order chi connectivity index (χ0) is 15.6. The Balaban J connectivity index is 2.41. The Morgan fingerprint density at radius 3 is 2.67 bits per heavy atom. The molecule has 114 valence electrons. The minimum absolute atomic E-state index is 0.00414. The summed E-state index contributed by atoms with van der Waals surface area (Å²) in [7, 11) is -2.06. The molecule has 0 fully saturated rings. The summed E-state index contributed by atoms with van der Waals surface area (Å²) in [5.41, 5.74) is 5.84. The van der Waals surface area contributed by atoms with Crippen molar-refractivity contribution in [3.05, 3.63) is 27.3 Å². The molecule has 0 aliphatic carbocycles. The van der Waals surface area contributed by atoms with Gasteiger partial charge in [0.05, 0.1) is 12.2 Å². The first-order valence-electron chi connectivity index (χ1n) is 5.95. The molecule has 0 bridgehead atoms. The van der Waals surface area contributed by atoms with Crippen LogP contribution in [-0.2, 0) is 16.4 Å². The third-order valence-electron chi connectivity index (χ3n) is 2.71. The van der Waals surface area contributed by atoms with Crippen LogP contribution >= 0.6 is 22.7 Å².